The summed E-state index contributed by atoms with van der Waals surface area (Å²) in [6.07, 6.45) is -1.35. The molecule has 1 saturated carbocycles. The summed E-state index contributed by atoms with van der Waals surface area (Å²) >= 11 is 0. The lowest BCUT2D eigenvalue weighted by Gasteiger charge is -2.16. The lowest BCUT2D eigenvalue weighted by Crippen LogP contribution is -2.18. The average molecular weight is 480 g/mol. The van der Waals surface area contributed by atoms with Crippen LogP contribution in [0, 0.1) is 0 Å². The molecule has 5 rings (SSSR count). The molecule has 1 aliphatic carbocycles. The third-order valence-corrected chi connectivity index (χ3v) is 6.36. The highest BCUT2D eigenvalue weighted by Crippen LogP contribution is 2.56. The normalized spacial score (nSPS) is 14.6. The molecule has 178 valence electrons. The number of hydrogen-bond donors (Lipinski definition) is 2. The molecule has 4 aromatic rings. The fourth-order valence-electron chi connectivity index (χ4n) is 4.52. The predicted molar refractivity (Wildman–Crippen MR) is 122 cm³/mol. The molecule has 1 heterocycles. The van der Waals surface area contributed by atoms with Crippen LogP contribution in [-0.4, -0.2) is 21.7 Å². The number of carbonyl (C=O) groups is 2. The Morgan fingerprint density at radius 2 is 1.69 bits per heavy atom. The second-order valence-electron chi connectivity index (χ2n) is 8.50. The molecule has 1 fully saturated rings. The van der Waals surface area contributed by atoms with Crippen LogP contribution in [0.2, 0.25) is 0 Å². The van der Waals surface area contributed by atoms with Crippen molar-refractivity contribution in [2.24, 2.45) is 5.73 Å². The Morgan fingerprint density at radius 3 is 2.29 bits per heavy atom. The molecule has 35 heavy (non-hydrogen) atoms. The van der Waals surface area contributed by atoms with E-state index >= 15 is 0 Å². The van der Waals surface area contributed by atoms with Gasteiger partial charge in [0.1, 0.15) is 11.3 Å². The van der Waals surface area contributed by atoms with Crippen LogP contribution < -0.4 is 10.5 Å². The van der Waals surface area contributed by atoms with Crippen LogP contribution in [0.4, 0.5) is 18.0 Å². The van der Waals surface area contributed by atoms with Crippen molar-refractivity contribution in [1.29, 1.82) is 0 Å². The van der Waals surface area contributed by atoms with Gasteiger partial charge in [0.25, 0.3) is 0 Å². The summed E-state index contributed by atoms with van der Waals surface area (Å²) in [4.78, 5) is 23.6. The number of rotatable bonds is 5. The molecule has 9 heteroatoms. The molecule has 0 bridgehead atoms. The van der Waals surface area contributed by atoms with E-state index in [1.54, 1.807) is 36.5 Å². The summed E-state index contributed by atoms with van der Waals surface area (Å²) in [7, 11) is 0. The Balaban J connectivity index is 1.62. The number of fused-ring (bicyclic) bond motifs is 1. The number of para-hydroxylation sites is 1. The monoisotopic (exact) mass is 480 g/mol. The van der Waals surface area contributed by atoms with Gasteiger partial charge in [-0.3, -0.25) is 4.57 Å². The molecule has 0 unspecified atom stereocenters. The number of benzene rings is 3. The number of alkyl halides is 3. The Bertz CT molecular complexity index is 1470. The number of hydrogen-bond acceptors (Lipinski definition) is 3. The van der Waals surface area contributed by atoms with Crippen LogP contribution in [0.1, 0.15) is 39.9 Å². The van der Waals surface area contributed by atoms with Gasteiger partial charge < -0.3 is 15.6 Å². The number of halogens is 3. The highest BCUT2D eigenvalue weighted by atomic mass is 19.4. The molecule has 1 aliphatic rings. The highest BCUT2D eigenvalue weighted by Gasteiger charge is 2.48. The van der Waals surface area contributed by atoms with E-state index in [0.29, 0.717) is 10.9 Å². The van der Waals surface area contributed by atoms with Crippen LogP contribution in [-0.2, 0) is 11.6 Å². The molecule has 3 N–H and O–H groups in total. The van der Waals surface area contributed by atoms with Crippen molar-refractivity contribution in [2.75, 3.05) is 0 Å². The van der Waals surface area contributed by atoms with Crippen LogP contribution in [0.15, 0.2) is 72.9 Å². The minimum absolute atomic E-state index is 0.0310. The van der Waals surface area contributed by atoms with E-state index in [1.165, 1.54) is 28.8 Å². The van der Waals surface area contributed by atoms with Gasteiger partial charge in [0.2, 0.25) is 0 Å². The van der Waals surface area contributed by atoms with Gasteiger partial charge in [-0.2, -0.15) is 13.2 Å². The first-order valence-electron chi connectivity index (χ1n) is 10.7. The van der Waals surface area contributed by atoms with Crippen LogP contribution in [0.25, 0.3) is 10.9 Å². The van der Waals surface area contributed by atoms with E-state index < -0.39 is 29.2 Å². The molecule has 1 aromatic heterocycles. The summed E-state index contributed by atoms with van der Waals surface area (Å²) in [5, 5.41) is 9.87. The first kappa shape index (κ1) is 22.5. The number of carboxylic acids is 1. The van der Waals surface area contributed by atoms with Crippen molar-refractivity contribution >= 4 is 22.9 Å². The number of carboxylic acid groups (broad SMARTS) is 1. The SMILES string of the molecule is NC(=O)n1cc(C2(c3ccc(C(=O)O)cc3)CC2)c2cccc(Oc3cccc(C(F)(F)F)c3)c21. The zero-order valence-electron chi connectivity index (χ0n) is 18.2. The number of ether oxygens (including phenoxy) is 1. The zero-order valence-corrected chi connectivity index (χ0v) is 18.2. The van der Waals surface area contributed by atoms with Crippen molar-refractivity contribution in [2.45, 2.75) is 24.4 Å². The van der Waals surface area contributed by atoms with E-state index in [1.807, 2.05) is 0 Å². The van der Waals surface area contributed by atoms with Crippen molar-refractivity contribution in [1.82, 2.24) is 4.57 Å². The maximum Gasteiger partial charge on any atom is 0.416 e. The second-order valence-corrected chi connectivity index (χ2v) is 8.50. The molecular weight excluding hydrogens is 461 g/mol. The number of amides is 1. The Kier molecular flexibility index (Phi) is 5.08. The number of nitrogens with two attached hydrogens (primary N) is 1. The fourth-order valence-corrected chi connectivity index (χ4v) is 4.52. The predicted octanol–water partition coefficient (Wildman–Crippen LogP) is 6.16. The summed E-state index contributed by atoms with van der Waals surface area (Å²) in [5.41, 5.74) is 6.58. The van der Waals surface area contributed by atoms with Crippen LogP contribution >= 0.6 is 0 Å². The van der Waals surface area contributed by atoms with E-state index in [4.69, 9.17) is 10.5 Å². The summed E-state index contributed by atoms with van der Waals surface area (Å²) in [5.74, 6) is -0.872. The smallest absolute Gasteiger partial charge is 0.416 e. The maximum absolute atomic E-state index is 13.1. The molecule has 0 saturated heterocycles. The molecule has 6 nitrogen and oxygen atoms in total. The Morgan fingerprint density at radius 1 is 1.00 bits per heavy atom. The molecule has 3 aromatic carbocycles. The van der Waals surface area contributed by atoms with Crippen LogP contribution in [0.5, 0.6) is 11.5 Å². The third kappa shape index (κ3) is 3.88. The van der Waals surface area contributed by atoms with E-state index in [0.717, 1.165) is 36.1 Å². The topological polar surface area (TPSA) is 94.6 Å². The fraction of sp³-hybridized carbons (Fsp3) is 0.154. The van der Waals surface area contributed by atoms with Gasteiger partial charge in [0.05, 0.1) is 11.1 Å². The van der Waals surface area contributed by atoms with Crippen LogP contribution in [0.3, 0.4) is 0 Å². The van der Waals surface area contributed by atoms with Gasteiger partial charge in [0.15, 0.2) is 5.75 Å². The number of aromatic nitrogens is 1. The lowest BCUT2D eigenvalue weighted by atomic mass is 9.87. The number of primary amides is 1. The van der Waals surface area contributed by atoms with E-state index in [9.17, 15) is 27.9 Å². The first-order chi connectivity index (χ1) is 16.6. The number of aromatic carboxylic acids is 1. The maximum atomic E-state index is 13.1. The minimum Gasteiger partial charge on any atom is -0.478 e. The summed E-state index contributed by atoms with van der Waals surface area (Å²) in [6, 6.07) is 15.4. The quantitative estimate of drug-likeness (QED) is 0.358. The van der Waals surface area contributed by atoms with Gasteiger partial charge in [-0.15, -0.1) is 0 Å². The average Bonchev–Trinajstić information content (AvgIpc) is 3.52. The summed E-state index contributed by atoms with van der Waals surface area (Å²) < 4.78 is 46.5. The second kappa shape index (κ2) is 7.90. The summed E-state index contributed by atoms with van der Waals surface area (Å²) in [6.45, 7) is 0. The molecule has 0 atom stereocenters. The lowest BCUT2D eigenvalue weighted by molar-refractivity contribution is -0.137. The van der Waals surface area contributed by atoms with Gasteiger partial charge >= 0.3 is 18.2 Å². The van der Waals surface area contributed by atoms with Gasteiger partial charge in [-0.05, 0) is 60.4 Å². The van der Waals surface area contributed by atoms with E-state index in [2.05, 4.69) is 0 Å². The van der Waals surface area contributed by atoms with Gasteiger partial charge in [0, 0.05) is 17.0 Å². The van der Waals surface area contributed by atoms with Gasteiger partial charge in [-0.1, -0.05) is 30.3 Å². The molecule has 0 radical (unpaired) electrons. The highest BCUT2D eigenvalue weighted by molar-refractivity contribution is 5.98. The van der Waals surface area contributed by atoms with Crippen molar-refractivity contribution in [3.8, 4) is 11.5 Å². The van der Waals surface area contributed by atoms with E-state index in [-0.39, 0.29) is 17.1 Å². The zero-order chi connectivity index (χ0) is 25.0. The number of nitrogens with zero attached hydrogens (tertiary/aromatic N) is 1. The Labute approximate surface area is 197 Å². The van der Waals surface area contributed by atoms with Gasteiger partial charge in [-0.25, -0.2) is 9.59 Å². The third-order valence-electron chi connectivity index (χ3n) is 6.36. The van der Waals surface area contributed by atoms with Crippen molar-refractivity contribution in [3.05, 3.63) is 95.2 Å². The van der Waals surface area contributed by atoms with Crippen molar-refractivity contribution < 1.29 is 32.6 Å². The molecule has 0 spiro atoms. The standard InChI is InChI=1S/C26H19F3N2O4/c27-26(28,29)17-3-1-4-18(13-17)35-21-6-2-5-19-20(14-31(22(19)21)24(30)34)25(11-12-25)16-9-7-15(8-10-16)23(32)33/h1-10,13-14H,11-12H2,(H2,30,34)(H,32,33). The Hall–Kier alpha value is -4.27. The molecule has 0 aliphatic heterocycles. The first-order valence-corrected chi connectivity index (χ1v) is 10.7. The minimum atomic E-state index is -4.53. The molecular formula is C26H19F3N2O4. The van der Waals surface area contributed by atoms with Crippen molar-refractivity contribution in [3.63, 3.8) is 0 Å². The molecule has 1 amide bonds. The largest absolute Gasteiger partial charge is 0.478 e. The number of carbonyl (C=O) groups excluding carboxylic acids is 1.